The van der Waals surface area contributed by atoms with Gasteiger partial charge in [-0.05, 0) is 36.9 Å². The Labute approximate surface area is 287 Å². The first kappa shape index (κ1) is 34.3. The molecule has 0 aromatic heterocycles. The highest BCUT2D eigenvalue weighted by Gasteiger charge is 2.79. The number of likely N-dealkylation sites (N-methyl/N-ethyl adjacent to an activating group) is 1. The van der Waals surface area contributed by atoms with Crippen LogP contribution in [0, 0.1) is 16.7 Å². The van der Waals surface area contributed by atoms with Crippen LogP contribution < -0.4 is 27.8 Å². The number of nitrogens with zero attached hydrogens (tertiary/aromatic N) is 3. The maximum Gasteiger partial charge on any atom is 0.255 e. The van der Waals surface area contributed by atoms with Gasteiger partial charge in [-0.15, -0.1) is 0 Å². The van der Waals surface area contributed by atoms with E-state index in [1.807, 2.05) is 65.6 Å². The van der Waals surface area contributed by atoms with Gasteiger partial charge in [-0.2, -0.15) is 5.26 Å². The van der Waals surface area contributed by atoms with E-state index in [0.717, 1.165) is 16.0 Å². The van der Waals surface area contributed by atoms with Crippen molar-refractivity contribution in [2.45, 2.75) is 42.4 Å². The summed E-state index contributed by atoms with van der Waals surface area (Å²) in [6.45, 7) is 0.622. The van der Waals surface area contributed by atoms with Crippen LogP contribution in [0.4, 0.5) is 5.69 Å². The molecule has 1 fully saturated rings. The molecule has 0 heterocycles. The fraction of sp³-hybridized carbons (Fsp3) is 0.278. The number of carbonyl (C=O) groups is 3. The Bertz CT molecular complexity index is 2000. The van der Waals surface area contributed by atoms with Gasteiger partial charge in [0.1, 0.15) is 34.5 Å². The van der Waals surface area contributed by atoms with Crippen LogP contribution in [0.3, 0.4) is 0 Å². The molecule has 50 heavy (non-hydrogen) atoms. The maximum absolute atomic E-state index is 14.8. The molecule has 3 aliphatic rings. The Morgan fingerprint density at radius 1 is 0.920 bits per heavy atom. The van der Waals surface area contributed by atoms with Gasteiger partial charge in [0.25, 0.3) is 5.91 Å². The number of carbonyl (C=O) groups excluding carboxylic acids is 3. The molecule has 1 saturated carbocycles. The van der Waals surface area contributed by atoms with Gasteiger partial charge in [0.2, 0.25) is 0 Å². The number of ketones is 2. The van der Waals surface area contributed by atoms with E-state index in [2.05, 4.69) is 0 Å². The average Bonchev–Trinajstić information content (AvgIpc) is 3.07. The van der Waals surface area contributed by atoms with Crippen LogP contribution in [0.25, 0.3) is 5.76 Å². The molecule has 0 radical (unpaired) electrons. The van der Waals surface area contributed by atoms with Crippen LogP contribution in [0.5, 0.6) is 5.75 Å². The van der Waals surface area contributed by atoms with Gasteiger partial charge in [0, 0.05) is 13.1 Å². The zero-order valence-corrected chi connectivity index (χ0v) is 27.2. The lowest BCUT2D eigenvalue weighted by molar-refractivity contribution is -0.153. The number of phenols is 1. The fourth-order valence-electron chi connectivity index (χ4n) is 7.96. The molecule has 0 spiro atoms. The molecule has 6 atom stereocenters. The van der Waals surface area contributed by atoms with Gasteiger partial charge in [-0.25, -0.2) is 0 Å². The highest BCUT2D eigenvalue weighted by Crippen LogP contribution is 2.60. The van der Waals surface area contributed by atoms with E-state index in [0.29, 0.717) is 13.1 Å². The molecule has 3 aromatic carbocycles. The van der Waals surface area contributed by atoms with Crippen molar-refractivity contribution in [2.75, 3.05) is 19.0 Å². The normalized spacial score (nSPS) is 28.9. The van der Waals surface area contributed by atoms with Crippen molar-refractivity contribution < 1.29 is 34.8 Å². The number of Topliss-reactive ketones (excluding diaryl/α,β-unsaturated/α-hetero) is 2. The van der Waals surface area contributed by atoms with Crippen molar-refractivity contribution in [3.8, 4) is 11.8 Å². The number of aliphatic hydroxyl groups is 3. The van der Waals surface area contributed by atoms with E-state index < -0.39 is 80.6 Å². The maximum atomic E-state index is 14.8. The summed E-state index contributed by atoms with van der Waals surface area (Å²) in [4.78, 5) is 44.0. The van der Waals surface area contributed by atoms with Crippen LogP contribution in [-0.2, 0) is 27.5 Å². The van der Waals surface area contributed by atoms with E-state index >= 15 is 0 Å². The van der Waals surface area contributed by atoms with Gasteiger partial charge in [-0.1, -0.05) is 66.7 Å². The molecule has 6 rings (SSSR count). The van der Waals surface area contributed by atoms with E-state index in [1.54, 1.807) is 12.1 Å². The van der Waals surface area contributed by atoms with Crippen molar-refractivity contribution in [2.24, 2.45) is 28.3 Å². The number of rotatable bonds is 7. The molecule has 0 aliphatic heterocycles. The van der Waals surface area contributed by atoms with Crippen molar-refractivity contribution in [1.29, 1.82) is 5.26 Å². The lowest BCUT2D eigenvalue weighted by Gasteiger charge is -2.62. The zero-order valence-electron chi connectivity index (χ0n) is 27.2. The Morgan fingerprint density at radius 2 is 1.46 bits per heavy atom. The highest BCUT2D eigenvalue weighted by molar-refractivity contribution is 6.26. The molecule has 258 valence electrons. The van der Waals surface area contributed by atoms with Crippen LogP contribution in [0.2, 0.25) is 0 Å². The summed E-state index contributed by atoms with van der Waals surface area (Å²) in [6, 6.07) is 20.2. The predicted octanol–water partition coefficient (Wildman–Crippen LogP) is 0.540. The van der Waals surface area contributed by atoms with Gasteiger partial charge in [0.05, 0.1) is 40.5 Å². The summed E-state index contributed by atoms with van der Waals surface area (Å²) in [5, 5.41) is 58.2. The van der Waals surface area contributed by atoms with Crippen LogP contribution in [0.1, 0.15) is 28.3 Å². The summed E-state index contributed by atoms with van der Waals surface area (Å²) in [5.41, 5.74) is 17.4. The standard InChI is InChI=1S/C36H37N7O7/c1-42(2)29-27(46)23(32(39)49)30(47)34(17-37)31(48)24-26(45)22-20(28(38)35(24,40)33(50)36(29,34)41)13-14-21(25(22)44)43(15-18-9-5-3-6-10-18)16-19-11-7-4-8-12-19/h3-14,28-29,33,44-45,47,50H,15-16,38,40-41H2,1-2H3,(H2,39,49)/t28-,29+,33-,34-,35+,36-/m0/s1. The van der Waals surface area contributed by atoms with Crippen molar-refractivity contribution in [3.63, 3.8) is 0 Å². The monoisotopic (exact) mass is 679 g/mol. The first-order valence-corrected chi connectivity index (χ1v) is 15.6. The third-order valence-corrected chi connectivity index (χ3v) is 10.3. The number of anilines is 1. The zero-order chi connectivity index (χ0) is 36.5. The minimum absolute atomic E-state index is 0.0235. The summed E-state index contributed by atoms with van der Waals surface area (Å²) >= 11 is 0. The highest BCUT2D eigenvalue weighted by atomic mass is 16.3. The number of aromatic hydroxyl groups is 1. The van der Waals surface area contributed by atoms with Gasteiger partial charge in [0.15, 0.2) is 17.0 Å². The lowest BCUT2D eigenvalue weighted by Crippen LogP contribution is -2.87. The molecule has 0 saturated heterocycles. The minimum Gasteiger partial charge on any atom is -0.509 e. The number of benzene rings is 3. The smallest absolute Gasteiger partial charge is 0.255 e. The number of aliphatic hydroxyl groups excluding tert-OH is 3. The van der Waals surface area contributed by atoms with Crippen LogP contribution >= 0.6 is 0 Å². The number of nitrogens with two attached hydrogens (primary N) is 4. The number of fused-ring (bicyclic) bond motifs is 3. The molecule has 1 amide bonds. The minimum atomic E-state index is -3.07. The summed E-state index contributed by atoms with van der Waals surface area (Å²) in [5.74, 6) is -6.86. The second-order valence-electron chi connectivity index (χ2n) is 13.2. The number of phenolic OH excluding ortho intramolecular Hbond substituents is 1. The number of hydrogen-bond acceptors (Lipinski definition) is 13. The first-order chi connectivity index (χ1) is 23.6. The van der Waals surface area contributed by atoms with Crippen molar-refractivity contribution >= 4 is 28.9 Å². The quantitative estimate of drug-likeness (QED) is 0.159. The topological polar surface area (TPSA) is 266 Å². The number of hydrogen-bond donors (Lipinski definition) is 8. The van der Waals surface area contributed by atoms with E-state index in [-0.39, 0.29) is 16.8 Å². The molecule has 12 N–H and O–H groups in total. The Kier molecular flexibility index (Phi) is 8.09. The molecular formula is C36H37N7O7. The fourth-order valence-corrected chi connectivity index (χ4v) is 7.96. The third kappa shape index (κ3) is 4.35. The van der Waals surface area contributed by atoms with Crippen LogP contribution in [0.15, 0.2) is 89.7 Å². The molecule has 0 bridgehead atoms. The second kappa shape index (κ2) is 11.8. The number of primary amides is 1. The summed E-state index contributed by atoms with van der Waals surface area (Å²) < 4.78 is 0. The SMILES string of the molecule is CN(C)[C@@H]1C(=O)C(C(N)=O)=C(O)[C@@]2(C#N)C(=O)C3=C(O)c4c(ccc(N(Cc5ccccc5)Cc5ccccc5)c4O)[C@H](N)[C@@]3(N)[C@H](O)[C@@]12N. The third-order valence-electron chi connectivity index (χ3n) is 10.3. The lowest BCUT2D eigenvalue weighted by atomic mass is 9.45. The summed E-state index contributed by atoms with van der Waals surface area (Å²) in [7, 11) is 2.69. The van der Waals surface area contributed by atoms with Crippen molar-refractivity contribution in [3.05, 3.63) is 112 Å². The molecule has 0 unspecified atom stereocenters. The largest absolute Gasteiger partial charge is 0.509 e. The van der Waals surface area contributed by atoms with Crippen molar-refractivity contribution in [1.82, 2.24) is 4.90 Å². The number of amides is 1. The Hall–Kier alpha value is -5.56. The first-order valence-electron chi connectivity index (χ1n) is 15.6. The summed E-state index contributed by atoms with van der Waals surface area (Å²) in [6.07, 6.45) is -2.30. The van der Waals surface area contributed by atoms with Crippen LogP contribution in [-0.4, -0.2) is 80.1 Å². The number of nitriles is 1. The van der Waals surface area contributed by atoms with E-state index in [9.17, 15) is 40.1 Å². The molecule has 14 heteroatoms. The molecule has 3 aliphatic carbocycles. The molecular weight excluding hydrogens is 642 g/mol. The van der Waals surface area contributed by atoms with Gasteiger partial charge >= 0.3 is 0 Å². The molecule has 3 aromatic rings. The average molecular weight is 680 g/mol. The van der Waals surface area contributed by atoms with Gasteiger partial charge in [-0.3, -0.25) is 19.3 Å². The predicted molar refractivity (Wildman–Crippen MR) is 182 cm³/mol. The van der Waals surface area contributed by atoms with Gasteiger partial charge < -0.3 is 48.3 Å². The Morgan fingerprint density at radius 3 is 1.94 bits per heavy atom. The van der Waals surface area contributed by atoms with E-state index in [4.69, 9.17) is 22.9 Å². The van der Waals surface area contributed by atoms with E-state index in [1.165, 1.54) is 20.2 Å². The second-order valence-corrected chi connectivity index (χ2v) is 13.2. The molecule has 14 nitrogen and oxygen atoms in total. The Balaban J connectivity index is 1.61.